The Morgan fingerprint density at radius 1 is 0.792 bits per heavy atom. The Morgan fingerprint density at radius 3 is 1.38 bits per heavy atom. The maximum absolute atomic E-state index is 12.2. The zero-order valence-corrected chi connectivity index (χ0v) is 12.2. The van der Waals surface area contributed by atoms with Crippen molar-refractivity contribution in [3.05, 3.63) is 30.6 Å². The van der Waals surface area contributed by atoms with E-state index >= 15 is 0 Å². The van der Waals surface area contributed by atoms with Crippen LogP contribution in [0.4, 0.5) is 39.5 Å². The number of aromatic nitrogens is 1. The van der Waals surface area contributed by atoms with Gasteiger partial charge >= 0.3 is 23.3 Å². The monoisotopic (exact) mass is 393 g/mol. The van der Waals surface area contributed by atoms with Gasteiger partial charge in [0.2, 0.25) is 0 Å². The van der Waals surface area contributed by atoms with Gasteiger partial charge in [-0.1, -0.05) is 6.07 Å². The molecule has 0 fully saturated rings. The van der Waals surface area contributed by atoms with Crippen LogP contribution in [-0.2, 0) is 17.2 Å². The van der Waals surface area contributed by atoms with E-state index in [1.807, 2.05) is 42.2 Å². The van der Waals surface area contributed by atoms with Crippen molar-refractivity contribution in [1.82, 2.24) is 0 Å². The Kier molecular flexibility index (Phi) is 6.30. The highest BCUT2D eigenvalue weighted by Gasteiger charge is 2.83. The van der Waals surface area contributed by atoms with Crippen LogP contribution in [0.1, 0.15) is 0 Å². The number of aryl methyl sites for hydroxylation is 1. The molecule has 0 aliphatic heterocycles. The van der Waals surface area contributed by atoms with E-state index < -0.39 is 33.4 Å². The fourth-order valence-electron chi connectivity index (χ4n) is 1.00. The smallest absolute Gasteiger partial charge is 0.460 e. The summed E-state index contributed by atoms with van der Waals surface area (Å²) >= 11 is 0. The van der Waals surface area contributed by atoms with Crippen LogP contribution in [0.5, 0.6) is 0 Å². The van der Waals surface area contributed by atoms with Gasteiger partial charge in [-0.05, 0) is 0 Å². The van der Waals surface area contributed by atoms with Gasteiger partial charge in [0.1, 0.15) is 7.05 Å². The second kappa shape index (κ2) is 6.74. The largest absolute Gasteiger partial charge is 0.743 e. The number of rotatable bonds is 3. The Labute approximate surface area is 129 Å². The van der Waals surface area contributed by atoms with Gasteiger partial charge in [0.05, 0.1) is 0 Å². The highest BCUT2D eigenvalue weighted by Crippen LogP contribution is 2.54. The Bertz CT molecular complexity index is 643. The molecule has 24 heavy (non-hydrogen) atoms. The number of pyridine rings is 1. The van der Waals surface area contributed by atoms with Crippen LogP contribution >= 0.6 is 0 Å². The number of nitrogens with zero attached hydrogens (tertiary/aromatic N) is 1. The van der Waals surface area contributed by atoms with Crippen molar-refractivity contribution in [2.45, 2.75) is 23.3 Å². The molecular weight excluding hydrogens is 385 g/mol. The van der Waals surface area contributed by atoms with Gasteiger partial charge in [0.15, 0.2) is 22.5 Å². The Hall–Kier alpha value is -1.57. The highest BCUT2D eigenvalue weighted by molar-refractivity contribution is 7.86. The maximum Gasteiger partial charge on any atom is 0.460 e. The molecule has 0 radical (unpaired) electrons. The molecule has 0 atom stereocenters. The molecule has 0 saturated carbocycles. The quantitative estimate of drug-likeness (QED) is 0.450. The highest BCUT2D eigenvalue weighted by atomic mass is 32.2. The molecule has 1 heterocycles. The fraction of sp³-hybridized carbons (Fsp3) is 0.500. The average molecular weight is 393 g/mol. The van der Waals surface area contributed by atoms with E-state index in [1.165, 1.54) is 0 Å². The summed E-state index contributed by atoms with van der Waals surface area (Å²) in [5.74, 6) is -14.8. The van der Waals surface area contributed by atoms with Crippen molar-refractivity contribution in [3.63, 3.8) is 0 Å². The second-order valence-electron chi connectivity index (χ2n) is 4.16. The molecule has 0 aromatic carbocycles. The first-order valence-electron chi connectivity index (χ1n) is 5.45. The van der Waals surface area contributed by atoms with Crippen molar-refractivity contribution < 1.29 is 57.1 Å². The number of hydrogen-bond acceptors (Lipinski definition) is 3. The summed E-state index contributed by atoms with van der Waals surface area (Å²) in [7, 11) is -5.42. The molecule has 0 bridgehead atoms. The molecule has 1 rings (SSSR count). The summed E-state index contributed by atoms with van der Waals surface area (Å²) in [6, 6.07) is 6.00. The molecule has 0 aliphatic rings. The molecule has 1 aromatic rings. The number of hydrogen-bond donors (Lipinski definition) is 0. The summed E-state index contributed by atoms with van der Waals surface area (Å²) in [6.07, 6.45) is -3.16. The standard InChI is InChI=1S/C6H8N.C4HF9O3S/c1-7-5-3-2-4-6-7;5-1(6,3(9,10)11)2(7,8)4(12,13)17(14,15)16/h2-6H,1H3;(H,14,15,16)/q+1;/p-1. The molecule has 0 saturated heterocycles. The molecule has 4 nitrogen and oxygen atoms in total. The van der Waals surface area contributed by atoms with Crippen molar-refractivity contribution in [3.8, 4) is 0 Å². The van der Waals surface area contributed by atoms with Crippen molar-refractivity contribution in [2.75, 3.05) is 0 Å². The number of halogens is 9. The van der Waals surface area contributed by atoms with E-state index in [-0.39, 0.29) is 0 Å². The summed E-state index contributed by atoms with van der Waals surface area (Å²) in [6.45, 7) is 0. The van der Waals surface area contributed by atoms with Crippen LogP contribution in [0.2, 0.25) is 0 Å². The zero-order valence-electron chi connectivity index (χ0n) is 11.4. The third kappa shape index (κ3) is 4.28. The molecule has 0 spiro atoms. The number of alkyl halides is 9. The third-order valence-corrected chi connectivity index (χ3v) is 3.18. The van der Waals surface area contributed by atoms with Crippen LogP contribution in [0.3, 0.4) is 0 Å². The van der Waals surface area contributed by atoms with Gasteiger partial charge in [-0.2, -0.15) is 39.5 Å². The van der Waals surface area contributed by atoms with Crippen LogP contribution < -0.4 is 4.57 Å². The van der Waals surface area contributed by atoms with Crippen LogP contribution in [0.15, 0.2) is 30.6 Å². The summed E-state index contributed by atoms with van der Waals surface area (Å²) in [4.78, 5) is 0. The summed E-state index contributed by atoms with van der Waals surface area (Å²) in [5, 5.41) is -7.11. The van der Waals surface area contributed by atoms with E-state index in [0.717, 1.165) is 0 Å². The molecular formula is C10H8F9NO3S. The topological polar surface area (TPSA) is 61.1 Å². The van der Waals surface area contributed by atoms with Crippen LogP contribution in [0, 0.1) is 0 Å². The molecule has 0 aliphatic carbocycles. The predicted molar refractivity (Wildman–Crippen MR) is 58.2 cm³/mol. The first kappa shape index (κ1) is 22.4. The average Bonchev–Trinajstić information content (AvgIpc) is 2.37. The van der Waals surface area contributed by atoms with E-state index in [9.17, 15) is 52.5 Å². The minimum absolute atomic E-state index is 2.00. The normalized spacial score (nSPS) is 14.0. The van der Waals surface area contributed by atoms with Gasteiger partial charge < -0.3 is 4.55 Å². The van der Waals surface area contributed by atoms with E-state index in [2.05, 4.69) is 0 Å². The molecule has 140 valence electrons. The first-order chi connectivity index (χ1) is 10.4. The molecule has 1 aromatic heterocycles. The van der Waals surface area contributed by atoms with Crippen molar-refractivity contribution >= 4 is 10.1 Å². The minimum Gasteiger partial charge on any atom is -0.743 e. The lowest BCUT2D eigenvalue weighted by molar-refractivity contribution is -0.671. The third-order valence-electron chi connectivity index (χ3n) is 2.29. The lowest BCUT2D eigenvalue weighted by Gasteiger charge is -2.34. The van der Waals surface area contributed by atoms with E-state index in [4.69, 9.17) is 0 Å². The maximum atomic E-state index is 12.2. The van der Waals surface area contributed by atoms with Crippen molar-refractivity contribution in [2.24, 2.45) is 7.05 Å². The second-order valence-corrected chi connectivity index (χ2v) is 5.58. The summed E-state index contributed by atoms with van der Waals surface area (Å²) < 4.78 is 137. The molecule has 14 heteroatoms. The van der Waals surface area contributed by atoms with Gasteiger partial charge in [0.25, 0.3) is 0 Å². The van der Waals surface area contributed by atoms with Crippen molar-refractivity contribution in [1.29, 1.82) is 0 Å². The summed E-state index contributed by atoms with van der Waals surface area (Å²) in [5.41, 5.74) is 0. The Balaban J connectivity index is 0.000000620. The van der Waals surface area contributed by atoms with Gasteiger partial charge in [-0.25, -0.2) is 13.0 Å². The zero-order chi connectivity index (χ0) is 19.6. The van der Waals surface area contributed by atoms with E-state index in [0.29, 0.717) is 0 Å². The minimum atomic E-state index is -7.43. The predicted octanol–water partition coefficient (Wildman–Crippen LogP) is 2.47. The molecule has 0 amide bonds. The van der Waals surface area contributed by atoms with Gasteiger partial charge in [-0.15, -0.1) is 0 Å². The van der Waals surface area contributed by atoms with Crippen LogP contribution in [-0.4, -0.2) is 36.2 Å². The van der Waals surface area contributed by atoms with Crippen LogP contribution in [0.25, 0.3) is 0 Å². The first-order valence-corrected chi connectivity index (χ1v) is 6.86. The molecule has 0 N–H and O–H groups in total. The lowest BCUT2D eigenvalue weighted by Crippen LogP contribution is -2.63. The lowest BCUT2D eigenvalue weighted by atomic mass is 10.1. The van der Waals surface area contributed by atoms with E-state index in [1.54, 1.807) is 0 Å². The molecule has 0 unspecified atom stereocenters. The Morgan fingerprint density at radius 2 is 1.17 bits per heavy atom. The SMILES string of the molecule is C[n+]1ccccc1.O=S(=O)([O-])C(F)(F)C(F)(F)C(F)(F)C(F)(F)F. The fourth-order valence-corrected chi connectivity index (χ4v) is 1.44. The van der Waals surface area contributed by atoms with Gasteiger partial charge in [0, 0.05) is 12.1 Å². The van der Waals surface area contributed by atoms with Gasteiger partial charge in [-0.3, -0.25) is 0 Å².